The largest absolute Gasteiger partial charge is 0.459 e. The topological polar surface area (TPSA) is 54.3 Å². The van der Waals surface area contributed by atoms with Crippen LogP contribution in [0.1, 0.15) is 37.5 Å². The molecule has 2 heterocycles. The van der Waals surface area contributed by atoms with Crippen LogP contribution in [0.5, 0.6) is 0 Å². The van der Waals surface area contributed by atoms with Crippen LogP contribution in [-0.2, 0) is 11.3 Å². The Morgan fingerprint density at radius 1 is 1.33 bits per heavy atom. The normalized spacial score (nSPS) is 16.6. The van der Waals surface area contributed by atoms with E-state index in [1.54, 1.807) is 0 Å². The van der Waals surface area contributed by atoms with Crippen molar-refractivity contribution in [1.29, 1.82) is 0 Å². The molecule has 1 atom stereocenters. The zero-order valence-electron chi connectivity index (χ0n) is 14.4. The first-order valence-corrected chi connectivity index (χ1v) is 8.59. The molecule has 0 spiro atoms. The number of rotatable bonds is 5. The number of carbonyl (C=O) groups excluding carboxylic acids is 1. The molecule has 0 bridgehead atoms. The van der Waals surface area contributed by atoms with E-state index in [2.05, 4.69) is 23.6 Å². The summed E-state index contributed by atoms with van der Waals surface area (Å²) in [6.07, 6.45) is 2.96. The van der Waals surface area contributed by atoms with Gasteiger partial charge in [0, 0.05) is 17.4 Å². The number of furan rings is 1. The van der Waals surface area contributed by atoms with E-state index in [1.165, 1.54) is 12.8 Å². The molecule has 4 nitrogen and oxygen atoms in total. The molecular formula is C19H27ClN2O2. The van der Waals surface area contributed by atoms with Crippen molar-refractivity contribution in [3.63, 3.8) is 0 Å². The maximum atomic E-state index is 12.2. The van der Waals surface area contributed by atoms with Crippen molar-refractivity contribution >= 4 is 29.3 Å². The molecule has 0 saturated carbocycles. The third kappa shape index (κ3) is 4.31. The summed E-state index contributed by atoms with van der Waals surface area (Å²) in [5.41, 5.74) is 2.00. The van der Waals surface area contributed by atoms with Gasteiger partial charge >= 0.3 is 0 Å². The fraction of sp³-hybridized carbons (Fsp3) is 0.526. The lowest BCUT2D eigenvalue weighted by molar-refractivity contribution is -0.122. The van der Waals surface area contributed by atoms with Crippen LogP contribution in [0.2, 0.25) is 0 Å². The van der Waals surface area contributed by atoms with E-state index < -0.39 is 0 Å². The predicted molar refractivity (Wildman–Crippen MR) is 99.4 cm³/mol. The molecule has 1 amide bonds. The Kier molecular flexibility index (Phi) is 6.69. The molecule has 3 rings (SSSR count). The molecule has 1 aliphatic heterocycles. The van der Waals surface area contributed by atoms with Crippen LogP contribution in [0.25, 0.3) is 11.0 Å². The van der Waals surface area contributed by atoms with Crippen LogP contribution in [0.15, 0.2) is 28.7 Å². The number of para-hydroxylation sites is 1. The highest BCUT2D eigenvalue weighted by molar-refractivity contribution is 5.85. The van der Waals surface area contributed by atoms with Gasteiger partial charge in [0.1, 0.15) is 11.3 Å². The third-order valence-electron chi connectivity index (χ3n) is 5.08. The first-order chi connectivity index (χ1) is 11.1. The van der Waals surface area contributed by atoms with Gasteiger partial charge in [0.05, 0.1) is 6.54 Å². The van der Waals surface area contributed by atoms with E-state index in [1.807, 2.05) is 25.1 Å². The molecule has 1 saturated heterocycles. The van der Waals surface area contributed by atoms with Gasteiger partial charge in [-0.2, -0.15) is 0 Å². The number of piperidine rings is 1. The van der Waals surface area contributed by atoms with Gasteiger partial charge in [0.2, 0.25) is 5.91 Å². The van der Waals surface area contributed by atoms with Crippen molar-refractivity contribution in [3.8, 4) is 0 Å². The van der Waals surface area contributed by atoms with Crippen molar-refractivity contribution in [3.05, 3.63) is 35.6 Å². The Morgan fingerprint density at radius 2 is 2.04 bits per heavy atom. The van der Waals surface area contributed by atoms with Crippen LogP contribution in [0, 0.1) is 18.8 Å². The summed E-state index contributed by atoms with van der Waals surface area (Å²) in [6.45, 7) is 6.87. The predicted octanol–water partition coefficient (Wildman–Crippen LogP) is 3.81. The van der Waals surface area contributed by atoms with Crippen molar-refractivity contribution in [2.75, 3.05) is 13.1 Å². The number of halogens is 1. The number of carbonyl (C=O) groups is 1. The van der Waals surface area contributed by atoms with Crippen LogP contribution < -0.4 is 10.6 Å². The molecule has 2 N–H and O–H groups in total. The van der Waals surface area contributed by atoms with E-state index in [4.69, 9.17) is 4.42 Å². The van der Waals surface area contributed by atoms with E-state index in [9.17, 15) is 4.79 Å². The highest BCUT2D eigenvalue weighted by atomic mass is 35.5. The third-order valence-corrected chi connectivity index (χ3v) is 5.08. The maximum Gasteiger partial charge on any atom is 0.220 e. The molecule has 5 heteroatoms. The lowest BCUT2D eigenvalue weighted by Crippen LogP contribution is -2.33. The summed E-state index contributed by atoms with van der Waals surface area (Å²) in [4.78, 5) is 12.2. The van der Waals surface area contributed by atoms with E-state index in [0.29, 0.717) is 24.8 Å². The smallest absolute Gasteiger partial charge is 0.220 e. The van der Waals surface area contributed by atoms with Gasteiger partial charge in [0.15, 0.2) is 0 Å². The van der Waals surface area contributed by atoms with Gasteiger partial charge in [-0.05, 0) is 50.8 Å². The summed E-state index contributed by atoms with van der Waals surface area (Å²) >= 11 is 0. The monoisotopic (exact) mass is 350 g/mol. The second-order valence-corrected chi connectivity index (χ2v) is 6.69. The quantitative estimate of drug-likeness (QED) is 0.862. The fourth-order valence-corrected chi connectivity index (χ4v) is 3.52. The molecule has 1 fully saturated rings. The molecule has 24 heavy (non-hydrogen) atoms. The van der Waals surface area contributed by atoms with Gasteiger partial charge < -0.3 is 15.1 Å². The number of aryl methyl sites for hydroxylation is 1. The lowest BCUT2D eigenvalue weighted by atomic mass is 9.84. The first kappa shape index (κ1) is 18.8. The van der Waals surface area contributed by atoms with Crippen molar-refractivity contribution in [2.24, 2.45) is 11.8 Å². The standard InChI is InChI=1S/C19H26N2O2.ClH/c1-13(15-7-9-20-10-8-15)11-19(22)21-12-18-14(2)16-5-3-4-6-17(16)23-18;/h3-6,13,15,20H,7-12H2,1-2H3,(H,21,22);1H. The summed E-state index contributed by atoms with van der Waals surface area (Å²) in [6, 6.07) is 7.99. The van der Waals surface area contributed by atoms with Crippen molar-refractivity contribution in [1.82, 2.24) is 10.6 Å². The Morgan fingerprint density at radius 3 is 2.75 bits per heavy atom. The molecule has 1 aromatic carbocycles. The fourth-order valence-electron chi connectivity index (χ4n) is 3.52. The molecule has 2 aromatic rings. The minimum atomic E-state index is 0. The number of hydrogen-bond acceptors (Lipinski definition) is 3. The highest BCUT2D eigenvalue weighted by Gasteiger charge is 2.22. The van der Waals surface area contributed by atoms with Crippen LogP contribution in [0.3, 0.4) is 0 Å². The molecule has 1 aromatic heterocycles. The van der Waals surface area contributed by atoms with Gasteiger partial charge in [-0.3, -0.25) is 4.79 Å². The van der Waals surface area contributed by atoms with Gasteiger partial charge in [0.25, 0.3) is 0 Å². The second-order valence-electron chi connectivity index (χ2n) is 6.69. The Bertz CT molecular complexity index is 677. The minimum Gasteiger partial charge on any atom is -0.459 e. The Hall–Kier alpha value is -1.52. The molecular weight excluding hydrogens is 324 g/mol. The summed E-state index contributed by atoms with van der Waals surface area (Å²) < 4.78 is 5.85. The number of nitrogens with one attached hydrogen (secondary N) is 2. The van der Waals surface area contributed by atoms with Crippen LogP contribution in [-0.4, -0.2) is 19.0 Å². The number of benzene rings is 1. The number of hydrogen-bond donors (Lipinski definition) is 2. The molecule has 1 unspecified atom stereocenters. The SMILES string of the molecule is Cc1c(CNC(=O)CC(C)C2CCNCC2)oc2ccccc12.Cl. The van der Waals surface area contributed by atoms with E-state index >= 15 is 0 Å². The highest BCUT2D eigenvalue weighted by Crippen LogP contribution is 2.26. The Balaban J connectivity index is 0.00000208. The van der Waals surface area contributed by atoms with Gasteiger partial charge in [-0.25, -0.2) is 0 Å². The maximum absolute atomic E-state index is 12.2. The summed E-state index contributed by atoms with van der Waals surface area (Å²) in [5, 5.41) is 7.52. The van der Waals surface area contributed by atoms with Gasteiger partial charge in [-0.1, -0.05) is 25.1 Å². The average Bonchev–Trinajstić information content (AvgIpc) is 2.90. The minimum absolute atomic E-state index is 0. The molecule has 0 aliphatic carbocycles. The van der Waals surface area contributed by atoms with Crippen LogP contribution >= 0.6 is 12.4 Å². The Labute approximate surface area is 149 Å². The second kappa shape index (κ2) is 8.54. The average molecular weight is 351 g/mol. The van der Waals surface area contributed by atoms with Gasteiger partial charge in [-0.15, -0.1) is 12.4 Å². The van der Waals surface area contributed by atoms with Crippen molar-refractivity contribution < 1.29 is 9.21 Å². The molecule has 132 valence electrons. The zero-order chi connectivity index (χ0) is 16.2. The zero-order valence-corrected chi connectivity index (χ0v) is 15.2. The molecule has 0 radical (unpaired) electrons. The first-order valence-electron chi connectivity index (χ1n) is 8.59. The summed E-state index contributed by atoms with van der Waals surface area (Å²) in [5.74, 6) is 2.08. The lowest BCUT2D eigenvalue weighted by Gasteiger charge is -2.27. The van der Waals surface area contributed by atoms with Crippen molar-refractivity contribution in [2.45, 2.75) is 39.7 Å². The summed E-state index contributed by atoms with van der Waals surface area (Å²) in [7, 11) is 0. The van der Waals surface area contributed by atoms with E-state index in [0.717, 1.165) is 35.4 Å². The molecule has 1 aliphatic rings. The number of fused-ring (bicyclic) bond motifs is 1. The van der Waals surface area contributed by atoms with Crippen LogP contribution in [0.4, 0.5) is 0 Å². The van der Waals surface area contributed by atoms with E-state index in [-0.39, 0.29) is 18.3 Å². The number of amides is 1.